The first kappa shape index (κ1) is 18.9. The SMILES string of the molecule is Cn1c(SCc2ccc(Cl)c(Cl)c2)nnc1-c1ccc(OC(F)F)cc1. The van der Waals surface area contributed by atoms with Crippen molar-refractivity contribution >= 4 is 35.0 Å². The zero-order valence-corrected chi connectivity index (χ0v) is 15.8. The van der Waals surface area contributed by atoms with Gasteiger partial charge in [0.2, 0.25) is 0 Å². The molecule has 0 amide bonds. The van der Waals surface area contributed by atoms with E-state index >= 15 is 0 Å². The van der Waals surface area contributed by atoms with Crippen molar-refractivity contribution in [1.29, 1.82) is 0 Å². The Morgan fingerprint density at radius 1 is 1.08 bits per heavy atom. The molecule has 2 aromatic carbocycles. The van der Waals surface area contributed by atoms with E-state index in [4.69, 9.17) is 23.2 Å². The molecule has 0 saturated heterocycles. The highest BCUT2D eigenvalue weighted by molar-refractivity contribution is 7.98. The predicted octanol–water partition coefficient (Wildman–Crippen LogP) is 5.68. The van der Waals surface area contributed by atoms with Crippen LogP contribution in [0.2, 0.25) is 10.0 Å². The summed E-state index contributed by atoms with van der Waals surface area (Å²) in [6.07, 6.45) is 0. The van der Waals surface area contributed by atoms with E-state index in [2.05, 4.69) is 14.9 Å². The summed E-state index contributed by atoms with van der Waals surface area (Å²) in [6, 6.07) is 11.7. The molecule has 0 unspecified atom stereocenters. The van der Waals surface area contributed by atoms with Crippen LogP contribution in [0.4, 0.5) is 8.78 Å². The van der Waals surface area contributed by atoms with Gasteiger partial charge in [0.15, 0.2) is 11.0 Å². The third-order valence-corrected chi connectivity index (χ3v) is 5.35. The summed E-state index contributed by atoms with van der Waals surface area (Å²) in [7, 11) is 1.84. The van der Waals surface area contributed by atoms with Gasteiger partial charge in [-0.1, -0.05) is 41.0 Å². The fourth-order valence-corrected chi connectivity index (χ4v) is 3.43. The van der Waals surface area contributed by atoms with E-state index in [9.17, 15) is 8.78 Å². The van der Waals surface area contributed by atoms with Gasteiger partial charge < -0.3 is 9.30 Å². The summed E-state index contributed by atoms with van der Waals surface area (Å²) < 4.78 is 30.6. The third-order valence-electron chi connectivity index (χ3n) is 3.52. The van der Waals surface area contributed by atoms with Crippen LogP contribution >= 0.6 is 35.0 Å². The van der Waals surface area contributed by atoms with Gasteiger partial charge in [-0.2, -0.15) is 8.78 Å². The maximum absolute atomic E-state index is 12.2. The van der Waals surface area contributed by atoms with Gasteiger partial charge in [-0.05, 0) is 42.0 Å². The third kappa shape index (κ3) is 4.47. The number of benzene rings is 2. The van der Waals surface area contributed by atoms with Crippen molar-refractivity contribution in [2.75, 3.05) is 0 Å². The number of thioether (sulfide) groups is 1. The molecule has 1 heterocycles. The normalized spacial score (nSPS) is 11.2. The summed E-state index contributed by atoms with van der Waals surface area (Å²) in [5.41, 5.74) is 1.77. The van der Waals surface area contributed by atoms with Gasteiger partial charge in [0.25, 0.3) is 0 Å². The highest BCUT2D eigenvalue weighted by Crippen LogP contribution is 2.29. The van der Waals surface area contributed by atoms with E-state index in [0.29, 0.717) is 21.6 Å². The van der Waals surface area contributed by atoms with Gasteiger partial charge in [0, 0.05) is 18.4 Å². The lowest BCUT2D eigenvalue weighted by Crippen LogP contribution is -2.01. The average Bonchev–Trinajstić information content (AvgIpc) is 2.97. The van der Waals surface area contributed by atoms with Gasteiger partial charge in [-0.15, -0.1) is 10.2 Å². The molecule has 0 spiro atoms. The van der Waals surface area contributed by atoms with Crippen LogP contribution in [-0.4, -0.2) is 21.4 Å². The molecule has 4 nitrogen and oxygen atoms in total. The molecule has 0 bridgehead atoms. The Bertz CT molecular complexity index is 904. The minimum absolute atomic E-state index is 0.0973. The summed E-state index contributed by atoms with van der Waals surface area (Å²) >= 11 is 13.4. The van der Waals surface area contributed by atoms with Crippen molar-refractivity contribution in [3.8, 4) is 17.1 Å². The second kappa shape index (κ2) is 8.24. The molecule has 0 aliphatic rings. The Morgan fingerprint density at radius 2 is 1.81 bits per heavy atom. The van der Waals surface area contributed by atoms with Crippen LogP contribution in [0.25, 0.3) is 11.4 Å². The van der Waals surface area contributed by atoms with E-state index in [1.54, 1.807) is 18.2 Å². The molecule has 0 aliphatic heterocycles. The molecule has 3 rings (SSSR count). The molecular weight excluding hydrogens is 403 g/mol. The summed E-state index contributed by atoms with van der Waals surface area (Å²) in [4.78, 5) is 0. The first-order valence-electron chi connectivity index (χ1n) is 7.45. The van der Waals surface area contributed by atoms with Crippen molar-refractivity contribution in [2.24, 2.45) is 7.05 Å². The molecule has 9 heteroatoms. The Kier molecular flexibility index (Phi) is 6.01. The van der Waals surface area contributed by atoms with Gasteiger partial charge in [-0.25, -0.2) is 0 Å². The highest BCUT2D eigenvalue weighted by Gasteiger charge is 2.12. The second-order valence-corrected chi connectivity index (χ2v) is 7.06. The fourth-order valence-electron chi connectivity index (χ4n) is 2.25. The highest BCUT2D eigenvalue weighted by atomic mass is 35.5. The predicted molar refractivity (Wildman–Crippen MR) is 99.1 cm³/mol. The number of hydrogen-bond acceptors (Lipinski definition) is 4. The van der Waals surface area contributed by atoms with Crippen molar-refractivity contribution in [1.82, 2.24) is 14.8 Å². The topological polar surface area (TPSA) is 39.9 Å². The van der Waals surface area contributed by atoms with Gasteiger partial charge in [0.1, 0.15) is 5.75 Å². The lowest BCUT2D eigenvalue weighted by Gasteiger charge is -2.07. The number of ether oxygens (including phenoxy) is 1. The molecule has 26 heavy (non-hydrogen) atoms. The zero-order valence-electron chi connectivity index (χ0n) is 13.5. The first-order chi connectivity index (χ1) is 12.4. The van der Waals surface area contributed by atoms with E-state index in [-0.39, 0.29) is 5.75 Å². The maximum Gasteiger partial charge on any atom is 0.387 e. The van der Waals surface area contributed by atoms with Gasteiger partial charge in [0.05, 0.1) is 10.0 Å². The number of alkyl halides is 2. The number of rotatable bonds is 6. The fraction of sp³-hybridized carbons (Fsp3) is 0.176. The van der Waals surface area contributed by atoms with Crippen molar-refractivity contribution in [3.05, 3.63) is 58.1 Å². The van der Waals surface area contributed by atoms with Gasteiger partial charge in [-0.3, -0.25) is 0 Å². The van der Waals surface area contributed by atoms with Crippen LogP contribution in [0.15, 0.2) is 47.6 Å². The van der Waals surface area contributed by atoms with Gasteiger partial charge >= 0.3 is 6.61 Å². The van der Waals surface area contributed by atoms with Crippen LogP contribution in [0, 0.1) is 0 Å². The molecule has 0 aliphatic carbocycles. The zero-order chi connectivity index (χ0) is 18.7. The summed E-state index contributed by atoms with van der Waals surface area (Å²) in [5, 5.41) is 10.1. The number of hydrogen-bond donors (Lipinski definition) is 0. The standard InChI is InChI=1S/C17H13Cl2F2N3OS/c1-24-15(11-3-5-12(6-4-11)25-16(20)21)22-23-17(24)26-9-10-2-7-13(18)14(19)8-10/h2-8,16H,9H2,1H3. The summed E-state index contributed by atoms with van der Waals surface area (Å²) in [6.45, 7) is -2.85. The lowest BCUT2D eigenvalue weighted by molar-refractivity contribution is -0.0498. The number of halogens is 4. The smallest absolute Gasteiger partial charge is 0.387 e. The summed E-state index contributed by atoms with van der Waals surface area (Å²) in [5.74, 6) is 1.38. The van der Waals surface area contributed by atoms with E-state index < -0.39 is 6.61 Å². The number of aromatic nitrogens is 3. The van der Waals surface area contributed by atoms with Crippen LogP contribution in [0.1, 0.15) is 5.56 Å². The Labute approximate surface area is 163 Å². The molecule has 0 N–H and O–H groups in total. The Balaban J connectivity index is 1.72. The molecule has 0 saturated carbocycles. The lowest BCUT2D eigenvalue weighted by atomic mass is 10.2. The van der Waals surface area contributed by atoms with Crippen LogP contribution < -0.4 is 4.74 Å². The molecule has 3 aromatic rings. The van der Waals surface area contributed by atoms with E-state index in [1.165, 1.54) is 23.9 Å². The molecule has 0 atom stereocenters. The molecule has 136 valence electrons. The molecular formula is C17H13Cl2F2N3OS. The van der Waals surface area contributed by atoms with Crippen molar-refractivity contribution in [3.63, 3.8) is 0 Å². The molecule has 0 radical (unpaired) electrons. The van der Waals surface area contributed by atoms with Crippen LogP contribution in [-0.2, 0) is 12.8 Å². The number of nitrogens with zero attached hydrogens (tertiary/aromatic N) is 3. The minimum atomic E-state index is -2.85. The van der Waals surface area contributed by atoms with Crippen molar-refractivity contribution < 1.29 is 13.5 Å². The van der Waals surface area contributed by atoms with Crippen LogP contribution in [0.3, 0.4) is 0 Å². The molecule has 1 aromatic heterocycles. The second-order valence-electron chi connectivity index (χ2n) is 5.31. The minimum Gasteiger partial charge on any atom is -0.435 e. The monoisotopic (exact) mass is 415 g/mol. The Morgan fingerprint density at radius 3 is 2.46 bits per heavy atom. The average molecular weight is 416 g/mol. The van der Waals surface area contributed by atoms with E-state index in [0.717, 1.165) is 16.3 Å². The van der Waals surface area contributed by atoms with E-state index in [1.807, 2.05) is 23.7 Å². The maximum atomic E-state index is 12.2. The van der Waals surface area contributed by atoms with Crippen LogP contribution in [0.5, 0.6) is 5.75 Å². The Hall–Kier alpha value is -1.83. The largest absolute Gasteiger partial charge is 0.435 e. The molecule has 0 fully saturated rings. The van der Waals surface area contributed by atoms with Crippen molar-refractivity contribution in [2.45, 2.75) is 17.5 Å². The quantitative estimate of drug-likeness (QED) is 0.485. The first-order valence-corrected chi connectivity index (χ1v) is 9.19.